The van der Waals surface area contributed by atoms with Crippen molar-refractivity contribution in [2.24, 2.45) is 0 Å². The summed E-state index contributed by atoms with van der Waals surface area (Å²) in [5.74, 6) is 0.965. The van der Waals surface area contributed by atoms with Crippen molar-refractivity contribution in [3.05, 3.63) is 64.1 Å². The second-order valence-electron chi connectivity index (χ2n) is 4.37. The molecule has 108 valence electrons. The van der Waals surface area contributed by atoms with Crippen molar-refractivity contribution in [1.29, 1.82) is 0 Å². The molecule has 2 aromatic rings. The van der Waals surface area contributed by atoms with Gasteiger partial charge in [-0.1, -0.05) is 46.3 Å². The Morgan fingerprint density at radius 2 is 1.90 bits per heavy atom. The number of rotatable bonds is 6. The fraction of sp³-hybridized carbons (Fsp3) is 0.250. The van der Waals surface area contributed by atoms with Crippen LogP contribution in [0.25, 0.3) is 0 Å². The van der Waals surface area contributed by atoms with E-state index in [4.69, 9.17) is 4.74 Å². The molecule has 0 radical (unpaired) electrons. The van der Waals surface area contributed by atoms with Gasteiger partial charge in [-0.3, -0.25) is 0 Å². The molecule has 0 spiro atoms. The molecule has 2 rings (SSSR count). The van der Waals surface area contributed by atoms with Crippen molar-refractivity contribution in [2.45, 2.75) is 13.0 Å². The highest BCUT2D eigenvalue weighted by atomic mass is 79.9. The molecule has 0 saturated carbocycles. The molecule has 2 aromatic carbocycles. The van der Waals surface area contributed by atoms with Crippen LogP contribution in [-0.4, -0.2) is 13.7 Å². The van der Waals surface area contributed by atoms with E-state index in [0.29, 0.717) is 0 Å². The molecule has 0 aliphatic heterocycles. The van der Waals surface area contributed by atoms with Gasteiger partial charge in [0.1, 0.15) is 5.75 Å². The van der Waals surface area contributed by atoms with Gasteiger partial charge in [0.05, 0.1) is 7.11 Å². The number of ether oxygens (including phenoxy) is 1. The molecule has 0 aliphatic rings. The summed E-state index contributed by atoms with van der Waals surface area (Å²) < 4.78 is 6.46. The fourth-order valence-electron chi connectivity index (χ4n) is 2.01. The molecule has 20 heavy (non-hydrogen) atoms. The van der Waals surface area contributed by atoms with Crippen LogP contribution in [0.3, 0.4) is 0 Å². The molecule has 0 amide bonds. The lowest BCUT2D eigenvalue weighted by atomic mass is 10.1. The van der Waals surface area contributed by atoms with Crippen LogP contribution in [0, 0.1) is 0 Å². The summed E-state index contributed by atoms with van der Waals surface area (Å²) in [6.45, 7) is 1.82. The van der Waals surface area contributed by atoms with Crippen LogP contribution in [0.1, 0.15) is 11.1 Å². The molecular weight excluding hydrogens is 338 g/mol. The quantitative estimate of drug-likeness (QED) is 0.774. The van der Waals surface area contributed by atoms with E-state index in [1.54, 1.807) is 7.11 Å². The Morgan fingerprint density at radius 3 is 2.65 bits per heavy atom. The van der Waals surface area contributed by atoms with Crippen LogP contribution in [0.5, 0.6) is 5.75 Å². The Balaban J connectivity index is 0.00000200. The van der Waals surface area contributed by atoms with Crippen LogP contribution in [0.2, 0.25) is 0 Å². The third-order valence-corrected chi connectivity index (χ3v) is 3.48. The minimum atomic E-state index is 0. The third-order valence-electron chi connectivity index (χ3n) is 2.98. The van der Waals surface area contributed by atoms with E-state index in [1.165, 1.54) is 11.1 Å². The van der Waals surface area contributed by atoms with Crippen LogP contribution < -0.4 is 22.5 Å². The Kier molecular flexibility index (Phi) is 7.67. The van der Waals surface area contributed by atoms with Crippen LogP contribution >= 0.6 is 15.9 Å². The molecule has 1 N–H and O–H groups in total. The van der Waals surface area contributed by atoms with Crippen molar-refractivity contribution in [1.82, 2.24) is 5.32 Å². The van der Waals surface area contributed by atoms with E-state index < -0.39 is 0 Å². The highest BCUT2D eigenvalue weighted by molar-refractivity contribution is 9.10. The number of hydrogen-bond donors (Lipinski definition) is 1. The van der Waals surface area contributed by atoms with Gasteiger partial charge in [0.2, 0.25) is 0 Å². The Labute approximate surface area is 135 Å². The minimum absolute atomic E-state index is 0. The molecule has 0 fully saturated rings. The van der Waals surface area contributed by atoms with Crippen molar-refractivity contribution in [3.8, 4) is 5.75 Å². The first-order chi connectivity index (χ1) is 9.29. The molecule has 0 atom stereocenters. The number of hydrogen-bond acceptors (Lipinski definition) is 2. The largest absolute Gasteiger partial charge is 1.00 e. The third kappa shape index (κ3) is 5.16. The standard InChI is InChI=1S/C16H18BrNO.ClH/c1-19-16-8-3-2-6-14(16)9-10-18-12-13-5-4-7-15(17)11-13;/h2-8,11,18H,9-10,12H2,1H3;1H/p-1. The predicted octanol–water partition coefficient (Wildman–Crippen LogP) is 0.794. The number of methoxy groups -OCH3 is 1. The Morgan fingerprint density at radius 1 is 1.10 bits per heavy atom. The zero-order valence-corrected chi connectivity index (χ0v) is 13.7. The lowest BCUT2D eigenvalue weighted by Crippen LogP contribution is -3.00. The van der Waals surface area contributed by atoms with Crippen molar-refractivity contribution in [3.63, 3.8) is 0 Å². The fourth-order valence-corrected chi connectivity index (χ4v) is 2.46. The number of halogens is 2. The maximum Gasteiger partial charge on any atom is 0.122 e. The summed E-state index contributed by atoms with van der Waals surface area (Å²) in [7, 11) is 1.72. The van der Waals surface area contributed by atoms with E-state index in [2.05, 4.69) is 45.5 Å². The Hall–Kier alpha value is -1.03. The van der Waals surface area contributed by atoms with Gasteiger partial charge in [0.15, 0.2) is 0 Å². The van der Waals surface area contributed by atoms with Gasteiger partial charge in [-0.05, 0) is 42.3 Å². The van der Waals surface area contributed by atoms with Gasteiger partial charge in [-0.2, -0.15) is 0 Å². The lowest BCUT2D eigenvalue weighted by molar-refractivity contribution is -0.00000405. The first kappa shape index (κ1) is 17.0. The van der Waals surface area contributed by atoms with Crippen LogP contribution in [0.4, 0.5) is 0 Å². The second-order valence-corrected chi connectivity index (χ2v) is 5.28. The Bertz CT molecular complexity index is 533. The number of benzene rings is 2. The molecular formula is C16H18BrClNO-. The minimum Gasteiger partial charge on any atom is -1.00 e. The molecule has 0 aliphatic carbocycles. The van der Waals surface area contributed by atoms with E-state index >= 15 is 0 Å². The van der Waals surface area contributed by atoms with Gasteiger partial charge < -0.3 is 22.5 Å². The van der Waals surface area contributed by atoms with E-state index in [1.807, 2.05) is 24.3 Å². The zero-order chi connectivity index (χ0) is 13.5. The number of nitrogens with one attached hydrogen (secondary N) is 1. The molecule has 0 bridgehead atoms. The van der Waals surface area contributed by atoms with Crippen LogP contribution in [-0.2, 0) is 13.0 Å². The molecule has 2 nitrogen and oxygen atoms in total. The normalized spacial score (nSPS) is 9.90. The first-order valence-corrected chi connectivity index (χ1v) is 7.16. The van der Waals surface area contributed by atoms with Crippen molar-refractivity contribution < 1.29 is 17.1 Å². The summed E-state index contributed by atoms with van der Waals surface area (Å²) in [5.41, 5.74) is 2.53. The van der Waals surface area contributed by atoms with E-state index in [-0.39, 0.29) is 12.4 Å². The predicted molar refractivity (Wildman–Crippen MR) is 82.5 cm³/mol. The summed E-state index contributed by atoms with van der Waals surface area (Å²) in [6, 6.07) is 16.5. The van der Waals surface area contributed by atoms with E-state index in [0.717, 1.165) is 29.7 Å². The average Bonchev–Trinajstić information content (AvgIpc) is 2.44. The van der Waals surface area contributed by atoms with Gasteiger partial charge in [0, 0.05) is 11.0 Å². The van der Waals surface area contributed by atoms with Crippen molar-refractivity contribution in [2.75, 3.05) is 13.7 Å². The lowest BCUT2D eigenvalue weighted by Gasteiger charge is -2.09. The van der Waals surface area contributed by atoms with Gasteiger partial charge in [0.25, 0.3) is 0 Å². The van der Waals surface area contributed by atoms with E-state index in [9.17, 15) is 0 Å². The summed E-state index contributed by atoms with van der Waals surface area (Å²) in [6.07, 6.45) is 0.970. The molecule has 4 heteroatoms. The molecule has 0 unspecified atom stereocenters. The van der Waals surface area contributed by atoms with Crippen LogP contribution in [0.15, 0.2) is 53.0 Å². The summed E-state index contributed by atoms with van der Waals surface area (Å²) >= 11 is 3.48. The topological polar surface area (TPSA) is 21.3 Å². The van der Waals surface area contributed by atoms with Gasteiger partial charge in [-0.15, -0.1) is 0 Å². The average molecular weight is 356 g/mol. The van der Waals surface area contributed by atoms with Gasteiger partial charge >= 0.3 is 0 Å². The maximum absolute atomic E-state index is 5.34. The molecule has 0 saturated heterocycles. The highest BCUT2D eigenvalue weighted by Gasteiger charge is 2.01. The first-order valence-electron chi connectivity index (χ1n) is 6.36. The highest BCUT2D eigenvalue weighted by Crippen LogP contribution is 2.17. The molecule has 0 aromatic heterocycles. The SMILES string of the molecule is COc1ccccc1CCNCc1cccc(Br)c1.[Cl-]. The smallest absolute Gasteiger partial charge is 0.122 e. The zero-order valence-electron chi connectivity index (χ0n) is 11.4. The maximum atomic E-state index is 5.34. The summed E-state index contributed by atoms with van der Waals surface area (Å²) in [4.78, 5) is 0. The van der Waals surface area contributed by atoms with Gasteiger partial charge in [-0.25, -0.2) is 0 Å². The van der Waals surface area contributed by atoms with Crippen molar-refractivity contribution >= 4 is 15.9 Å². The monoisotopic (exact) mass is 354 g/mol. The second kappa shape index (κ2) is 9.01. The summed E-state index contributed by atoms with van der Waals surface area (Å²) in [5, 5.41) is 3.45. The number of para-hydroxylation sites is 1. The molecule has 0 heterocycles.